The number of rotatable bonds is 4. The van der Waals surface area contributed by atoms with Gasteiger partial charge in [0.25, 0.3) is 0 Å². The highest BCUT2D eigenvalue weighted by Gasteiger charge is 2.26. The van der Waals surface area contributed by atoms with Gasteiger partial charge in [-0.1, -0.05) is 13.8 Å². The van der Waals surface area contributed by atoms with Crippen LogP contribution in [0.5, 0.6) is 0 Å². The lowest BCUT2D eigenvalue weighted by atomic mass is 9.90. The fraction of sp³-hybridized carbons (Fsp3) is 0.857. The summed E-state index contributed by atoms with van der Waals surface area (Å²) in [5, 5.41) is 0. The van der Waals surface area contributed by atoms with E-state index in [2.05, 4.69) is 4.74 Å². The van der Waals surface area contributed by atoms with Crippen LogP contribution in [-0.4, -0.2) is 18.5 Å². The minimum Gasteiger partial charge on any atom is -0.454 e. The molecule has 3 heteroatoms. The molecule has 10 heavy (non-hydrogen) atoms. The molecule has 0 aromatic carbocycles. The predicted molar refractivity (Wildman–Crippen MR) is 40.7 cm³/mol. The molecule has 0 N–H and O–H groups in total. The van der Waals surface area contributed by atoms with E-state index in [4.69, 9.17) is 11.6 Å². The topological polar surface area (TPSA) is 26.3 Å². The zero-order valence-corrected chi connectivity index (χ0v) is 7.23. The number of alkyl halides is 1. The molecule has 0 heterocycles. The van der Waals surface area contributed by atoms with Gasteiger partial charge in [-0.3, -0.25) is 0 Å². The molecule has 0 saturated carbocycles. The van der Waals surface area contributed by atoms with Crippen LogP contribution in [0.25, 0.3) is 0 Å². The third-order valence-corrected chi connectivity index (χ3v) is 2.36. The number of hydrogen-bond acceptors (Lipinski definition) is 2. The molecule has 0 fully saturated rings. The van der Waals surface area contributed by atoms with Crippen molar-refractivity contribution in [1.29, 1.82) is 0 Å². The van der Waals surface area contributed by atoms with Gasteiger partial charge in [-0.2, -0.15) is 0 Å². The van der Waals surface area contributed by atoms with Gasteiger partial charge in [-0.25, -0.2) is 4.79 Å². The Balaban J connectivity index is 3.89. The highest BCUT2D eigenvalue weighted by molar-refractivity contribution is 6.18. The van der Waals surface area contributed by atoms with Crippen LogP contribution in [0.4, 0.5) is 0 Å². The Morgan fingerprint density at radius 3 is 2.50 bits per heavy atom. The van der Waals surface area contributed by atoms with Gasteiger partial charge < -0.3 is 4.74 Å². The lowest BCUT2D eigenvalue weighted by Crippen LogP contribution is -2.30. The Labute approximate surface area is 66.5 Å². The van der Waals surface area contributed by atoms with Crippen molar-refractivity contribution in [3.63, 3.8) is 0 Å². The number of halogens is 1. The molecular formula is C7H12ClO2. The third-order valence-electron chi connectivity index (χ3n) is 1.67. The first-order valence-corrected chi connectivity index (χ1v) is 3.67. The van der Waals surface area contributed by atoms with Crippen LogP contribution in [-0.2, 0) is 9.53 Å². The first-order valence-electron chi connectivity index (χ1n) is 3.13. The van der Waals surface area contributed by atoms with Gasteiger partial charge in [0.15, 0.2) is 0 Å². The number of carbonyl (C=O) groups excluding carboxylic acids is 1. The molecule has 0 aromatic heterocycles. The fourth-order valence-corrected chi connectivity index (χ4v) is 0.558. The standard InChI is InChI=1S/C7H12ClO2/c1-6(10-5-9)7(2,3)4-8/h6H,4H2,1-3H3. The Morgan fingerprint density at radius 2 is 2.20 bits per heavy atom. The summed E-state index contributed by atoms with van der Waals surface area (Å²) in [6.07, 6.45) is -0.178. The third kappa shape index (κ3) is 2.56. The molecule has 0 aliphatic carbocycles. The van der Waals surface area contributed by atoms with Gasteiger partial charge in [-0.15, -0.1) is 11.6 Å². The summed E-state index contributed by atoms with van der Waals surface area (Å²) in [7, 11) is 0. The van der Waals surface area contributed by atoms with Crippen LogP contribution >= 0.6 is 11.6 Å². The van der Waals surface area contributed by atoms with Crippen molar-refractivity contribution in [2.24, 2.45) is 5.41 Å². The van der Waals surface area contributed by atoms with E-state index in [-0.39, 0.29) is 11.5 Å². The van der Waals surface area contributed by atoms with Crippen molar-refractivity contribution < 1.29 is 9.53 Å². The second-order valence-corrected chi connectivity index (χ2v) is 3.23. The SMILES string of the molecule is CC(O[C]=O)C(C)(C)CCl. The molecule has 1 radical (unpaired) electrons. The molecule has 0 aliphatic rings. The molecule has 2 nitrogen and oxygen atoms in total. The Hall–Kier alpha value is -0.240. The quantitative estimate of drug-likeness (QED) is 0.590. The Bertz CT molecular complexity index is 112. The van der Waals surface area contributed by atoms with Gasteiger partial charge in [0.05, 0.1) is 0 Å². The molecule has 0 aromatic rings. The maximum absolute atomic E-state index is 9.79. The predicted octanol–water partition coefficient (Wildman–Crippen LogP) is 1.72. The monoisotopic (exact) mass is 163 g/mol. The summed E-state index contributed by atoms with van der Waals surface area (Å²) in [5.74, 6) is 0.468. The molecule has 1 atom stereocenters. The summed E-state index contributed by atoms with van der Waals surface area (Å²) >= 11 is 5.61. The average Bonchev–Trinajstić information content (AvgIpc) is 1.89. The van der Waals surface area contributed by atoms with Gasteiger partial charge >= 0.3 is 6.47 Å². The summed E-state index contributed by atoms with van der Waals surface area (Å²) in [4.78, 5) is 9.79. The summed E-state index contributed by atoms with van der Waals surface area (Å²) in [6.45, 7) is 7.06. The van der Waals surface area contributed by atoms with Gasteiger partial charge in [-0.05, 0) is 6.92 Å². The molecule has 0 spiro atoms. The molecule has 0 saturated heterocycles. The van der Waals surface area contributed by atoms with Gasteiger partial charge in [0, 0.05) is 11.3 Å². The van der Waals surface area contributed by atoms with Crippen molar-refractivity contribution in [2.75, 3.05) is 5.88 Å². The Kier molecular flexibility index (Phi) is 3.72. The highest BCUT2D eigenvalue weighted by atomic mass is 35.5. The van der Waals surface area contributed by atoms with Crippen molar-refractivity contribution >= 4 is 18.1 Å². The first kappa shape index (κ1) is 9.76. The van der Waals surface area contributed by atoms with Crippen molar-refractivity contribution in [2.45, 2.75) is 26.9 Å². The zero-order chi connectivity index (χ0) is 8.20. The second kappa shape index (κ2) is 3.81. The fourth-order valence-electron chi connectivity index (χ4n) is 0.340. The molecule has 0 amide bonds. The molecule has 0 rings (SSSR count). The number of hydrogen-bond donors (Lipinski definition) is 0. The van der Waals surface area contributed by atoms with E-state index in [1.165, 1.54) is 6.47 Å². The van der Waals surface area contributed by atoms with Crippen LogP contribution in [0.2, 0.25) is 0 Å². The molecule has 1 unspecified atom stereocenters. The van der Waals surface area contributed by atoms with Crippen molar-refractivity contribution in [1.82, 2.24) is 0 Å². The molecule has 0 aliphatic heterocycles. The molecule has 0 bridgehead atoms. The van der Waals surface area contributed by atoms with E-state index >= 15 is 0 Å². The normalized spacial score (nSPS) is 14.4. The van der Waals surface area contributed by atoms with Crippen molar-refractivity contribution in [3.05, 3.63) is 0 Å². The Morgan fingerprint density at radius 1 is 1.70 bits per heavy atom. The lowest BCUT2D eigenvalue weighted by molar-refractivity contribution is 0.0897. The first-order chi connectivity index (χ1) is 4.54. The van der Waals surface area contributed by atoms with E-state index in [9.17, 15) is 4.79 Å². The lowest BCUT2D eigenvalue weighted by Gasteiger charge is -2.26. The van der Waals surface area contributed by atoms with Crippen LogP contribution in [0.3, 0.4) is 0 Å². The maximum Gasteiger partial charge on any atom is 0.417 e. The largest absolute Gasteiger partial charge is 0.454 e. The van der Waals surface area contributed by atoms with E-state index in [0.717, 1.165) is 0 Å². The molecular weight excluding hydrogens is 152 g/mol. The summed E-state index contributed by atoms with van der Waals surface area (Å²) in [6, 6.07) is 0. The van der Waals surface area contributed by atoms with Crippen LogP contribution in [0.15, 0.2) is 0 Å². The zero-order valence-electron chi connectivity index (χ0n) is 6.48. The molecule has 59 valence electrons. The summed E-state index contributed by atoms with van der Waals surface area (Å²) in [5.41, 5.74) is -0.168. The highest BCUT2D eigenvalue weighted by Crippen LogP contribution is 2.23. The smallest absolute Gasteiger partial charge is 0.417 e. The maximum atomic E-state index is 9.79. The van der Waals surface area contributed by atoms with E-state index in [1.54, 1.807) is 6.92 Å². The van der Waals surface area contributed by atoms with E-state index < -0.39 is 0 Å². The second-order valence-electron chi connectivity index (χ2n) is 2.97. The van der Waals surface area contributed by atoms with E-state index in [1.807, 2.05) is 13.8 Å². The average molecular weight is 164 g/mol. The number of ether oxygens (including phenoxy) is 1. The van der Waals surface area contributed by atoms with Crippen molar-refractivity contribution in [3.8, 4) is 0 Å². The van der Waals surface area contributed by atoms with Crippen LogP contribution in [0.1, 0.15) is 20.8 Å². The minimum atomic E-state index is -0.178. The van der Waals surface area contributed by atoms with E-state index in [0.29, 0.717) is 5.88 Å². The van der Waals surface area contributed by atoms with Crippen LogP contribution < -0.4 is 0 Å². The summed E-state index contributed by atoms with van der Waals surface area (Å²) < 4.78 is 4.61. The van der Waals surface area contributed by atoms with Gasteiger partial charge in [0.1, 0.15) is 6.10 Å². The van der Waals surface area contributed by atoms with Gasteiger partial charge in [0.2, 0.25) is 0 Å². The minimum absolute atomic E-state index is 0.168. The van der Waals surface area contributed by atoms with Crippen LogP contribution in [0, 0.1) is 5.41 Å².